The predicted molar refractivity (Wildman–Crippen MR) is 99.3 cm³/mol. The van der Waals surface area contributed by atoms with Crippen LogP contribution in [-0.2, 0) is 22.6 Å². The molecule has 0 aliphatic rings. The molecule has 134 valence electrons. The van der Waals surface area contributed by atoms with Crippen molar-refractivity contribution in [1.29, 1.82) is 0 Å². The van der Waals surface area contributed by atoms with Crippen LogP contribution in [0.5, 0.6) is 0 Å². The first-order chi connectivity index (χ1) is 13.2. The number of fused-ring (bicyclic) bond motifs is 1. The maximum absolute atomic E-state index is 13.0. The van der Waals surface area contributed by atoms with Gasteiger partial charge in [0.05, 0.1) is 6.42 Å². The number of hydrogen-bond acceptors (Lipinski definition) is 4. The Bertz CT molecular complexity index is 1080. The minimum absolute atomic E-state index is 0.0221. The van der Waals surface area contributed by atoms with Crippen molar-refractivity contribution in [3.05, 3.63) is 89.9 Å². The third-order valence-corrected chi connectivity index (χ3v) is 4.28. The van der Waals surface area contributed by atoms with E-state index in [0.717, 1.165) is 16.3 Å². The zero-order chi connectivity index (χ0) is 18.6. The van der Waals surface area contributed by atoms with Gasteiger partial charge in [0.15, 0.2) is 5.76 Å². The second-order valence-electron chi connectivity index (χ2n) is 6.17. The van der Waals surface area contributed by atoms with Crippen LogP contribution in [0.25, 0.3) is 22.1 Å². The molecule has 5 heteroatoms. The molecule has 3 aromatic carbocycles. The molecule has 1 heterocycles. The first-order valence-corrected chi connectivity index (χ1v) is 8.53. The van der Waals surface area contributed by atoms with E-state index in [9.17, 15) is 9.18 Å². The van der Waals surface area contributed by atoms with Gasteiger partial charge in [-0.05, 0) is 40.6 Å². The van der Waals surface area contributed by atoms with Crippen molar-refractivity contribution in [2.24, 2.45) is 0 Å². The minimum atomic E-state index is -0.335. The Morgan fingerprint density at radius 3 is 2.63 bits per heavy atom. The van der Waals surface area contributed by atoms with Crippen molar-refractivity contribution < 1.29 is 18.4 Å². The van der Waals surface area contributed by atoms with Gasteiger partial charge in [0.25, 0.3) is 0 Å². The monoisotopic (exact) mass is 361 g/mol. The highest BCUT2D eigenvalue weighted by molar-refractivity contribution is 5.88. The largest absolute Gasteiger partial charge is 0.459 e. The molecule has 0 amide bonds. The maximum atomic E-state index is 13.0. The molecule has 0 radical (unpaired) electrons. The SMILES string of the molecule is O=C(Cc1cccc2ccccc12)OCc1cc(-c2ccc(F)cc2)on1. The molecule has 0 bridgehead atoms. The average Bonchev–Trinajstić information content (AvgIpc) is 3.16. The second kappa shape index (κ2) is 7.41. The van der Waals surface area contributed by atoms with E-state index in [0.29, 0.717) is 17.0 Å². The molecule has 0 N–H and O–H groups in total. The molecule has 0 spiro atoms. The van der Waals surface area contributed by atoms with Gasteiger partial charge in [-0.1, -0.05) is 47.6 Å². The van der Waals surface area contributed by atoms with Gasteiger partial charge in [-0.15, -0.1) is 0 Å². The lowest BCUT2D eigenvalue weighted by Crippen LogP contribution is -2.08. The van der Waals surface area contributed by atoms with Crippen LogP contribution < -0.4 is 0 Å². The van der Waals surface area contributed by atoms with Crippen molar-refractivity contribution in [2.45, 2.75) is 13.0 Å². The summed E-state index contributed by atoms with van der Waals surface area (Å²) in [7, 11) is 0. The third-order valence-electron chi connectivity index (χ3n) is 4.28. The summed E-state index contributed by atoms with van der Waals surface area (Å²) in [6, 6.07) is 21.4. The van der Waals surface area contributed by atoms with Gasteiger partial charge in [0, 0.05) is 11.6 Å². The summed E-state index contributed by atoms with van der Waals surface area (Å²) >= 11 is 0. The van der Waals surface area contributed by atoms with Gasteiger partial charge in [-0.3, -0.25) is 4.79 Å². The van der Waals surface area contributed by atoms with E-state index in [-0.39, 0.29) is 24.8 Å². The number of carbonyl (C=O) groups excluding carboxylic acids is 1. The van der Waals surface area contributed by atoms with E-state index in [1.165, 1.54) is 12.1 Å². The molecule has 1 aromatic heterocycles. The Hall–Kier alpha value is -3.47. The highest BCUT2D eigenvalue weighted by atomic mass is 19.1. The van der Waals surface area contributed by atoms with Crippen LogP contribution in [0.3, 0.4) is 0 Å². The molecule has 0 saturated carbocycles. The first-order valence-electron chi connectivity index (χ1n) is 8.53. The van der Waals surface area contributed by atoms with Crippen LogP contribution in [0, 0.1) is 5.82 Å². The zero-order valence-corrected chi connectivity index (χ0v) is 14.4. The van der Waals surface area contributed by atoms with E-state index >= 15 is 0 Å². The molecule has 0 saturated heterocycles. The molecule has 0 aliphatic heterocycles. The molecule has 4 nitrogen and oxygen atoms in total. The van der Waals surface area contributed by atoms with Crippen molar-refractivity contribution in [3.63, 3.8) is 0 Å². The predicted octanol–water partition coefficient (Wildman–Crippen LogP) is 4.92. The van der Waals surface area contributed by atoms with Crippen molar-refractivity contribution in [3.8, 4) is 11.3 Å². The van der Waals surface area contributed by atoms with Crippen molar-refractivity contribution >= 4 is 16.7 Å². The minimum Gasteiger partial charge on any atom is -0.459 e. The van der Waals surface area contributed by atoms with Gasteiger partial charge < -0.3 is 9.26 Å². The Balaban J connectivity index is 1.40. The van der Waals surface area contributed by atoms with Gasteiger partial charge in [0.2, 0.25) is 0 Å². The van der Waals surface area contributed by atoms with E-state index < -0.39 is 0 Å². The van der Waals surface area contributed by atoms with Gasteiger partial charge in [-0.25, -0.2) is 4.39 Å². The van der Waals surface area contributed by atoms with Crippen LogP contribution in [0.2, 0.25) is 0 Å². The highest BCUT2D eigenvalue weighted by Crippen LogP contribution is 2.22. The molecule has 0 unspecified atom stereocenters. The van der Waals surface area contributed by atoms with Crippen LogP contribution in [0.4, 0.5) is 4.39 Å². The number of esters is 1. The summed E-state index contributed by atoms with van der Waals surface area (Å²) in [5.41, 5.74) is 2.13. The van der Waals surface area contributed by atoms with E-state index in [2.05, 4.69) is 5.16 Å². The summed E-state index contributed by atoms with van der Waals surface area (Å²) in [5.74, 6) is -0.159. The molecular formula is C22H16FNO3. The number of carbonyl (C=O) groups is 1. The smallest absolute Gasteiger partial charge is 0.310 e. The Labute approximate surface area is 155 Å². The number of hydrogen-bond donors (Lipinski definition) is 0. The highest BCUT2D eigenvalue weighted by Gasteiger charge is 2.11. The third kappa shape index (κ3) is 3.87. The maximum Gasteiger partial charge on any atom is 0.310 e. The van der Waals surface area contributed by atoms with E-state index in [1.807, 2.05) is 42.5 Å². The summed E-state index contributed by atoms with van der Waals surface area (Å²) in [6.07, 6.45) is 0.185. The summed E-state index contributed by atoms with van der Waals surface area (Å²) < 4.78 is 23.6. The summed E-state index contributed by atoms with van der Waals surface area (Å²) in [4.78, 5) is 12.2. The lowest BCUT2D eigenvalue weighted by molar-refractivity contribution is -0.144. The average molecular weight is 361 g/mol. The summed E-state index contributed by atoms with van der Waals surface area (Å²) in [5, 5.41) is 6.02. The molecule has 0 atom stereocenters. The van der Waals surface area contributed by atoms with Crippen LogP contribution in [0.1, 0.15) is 11.3 Å². The fourth-order valence-electron chi connectivity index (χ4n) is 2.94. The first kappa shape index (κ1) is 17.0. The standard InChI is InChI=1S/C22H16FNO3/c23-18-10-8-16(9-11-18)21-13-19(24-27-21)14-26-22(25)12-17-6-3-5-15-4-1-2-7-20(15)17/h1-11,13H,12,14H2. The summed E-state index contributed by atoms with van der Waals surface area (Å²) in [6.45, 7) is 0.0221. The molecule has 0 fully saturated rings. The van der Waals surface area contributed by atoms with Gasteiger partial charge >= 0.3 is 5.97 Å². The number of ether oxygens (including phenoxy) is 1. The van der Waals surface area contributed by atoms with E-state index in [1.54, 1.807) is 18.2 Å². The normalized spacial score (nSPS) is 10.9. The lowest BCUT2D eigenvalue weighted by atomic mass is 10.0. The van der Waals surface area contributed by atoms with Crippen LogP contribution in [-0.4, -0.2) is 11.1 Å². The van der Waals surface area contributed by atoms with Gasteiger partial charge in [-0.2, -0.15) is 0 Å². The van der Waals surface area contributed by atoms with Gasteiger partial charge in [0.1, 0.15) is 18.1 Å². The molecule has 4 aromatic rings. The molecule has 0 aliphatic carbocycles. The number of rotatable bonds is 5. The van der Waals surface area contributed by atoms with Crippen molar-refractivity contribution in [2.75, 3.05) is 0 Å². The topological polar surface area (TPSA) is 52.3 Å². The number of benzene rings is 3. The molecule has 4 rings (SSSR count). The Kier molecular flexibility index (Phi) is 4.66. The Morgan fingerprint density at radius 1 is 1.00 bits per heavy atom. The van der Waals surface area contributed by atoms with Crippen molar-refractivity contribution in [1.82, 2.24) is 5.16 Å². The Morgan fingerprint density at radius 2 is 1.78 bits per heavy atom. The molecule has 27 heavy (non-hydrogen) atoms. The number of halogens is 1. The van der Waals surface area contributed by atoms with E-state index in [4.69, 9.17) is 9.26 Å². The number of aromatic nitrogens is 1. The fraction of sp³-hybridized carbons (Fsp3) is 0.0909. The quantitative estimate of drug-likeness (QED) is 0.474. The fourth-order valence-corrected chi connectivity index (χ4v) is 2.94. The molecular weight excluding hydrogens is 345 g/mol. The zero-order valence-electron chi connectivity index (χ0n) is 14.4. The van der Waals surface area contributed by atoms with Crippen LogP contribution in [0.15, 0.2) is 77.3 Å². The lowest BCUT2D eigenvalue weighted by Gasteiger charge is -2.06. The second-order valence-corrected chi connectivity index (χ2v) is 6.17. The number of nitrogens with zero attached hydrogens (tertiary/aromatic N) is 1. The van der Waals surface area contributed by atoms with Crippen LogP contribution >= 0.6 is 0 Å².